The van der Waals surface area contributed by atoms with Gasteiger partial charge in [0.1, 0.15) is 17.5 Å². The minimum atomic E-state index is -0.575. The minimum absolute atomic E-state index is 0.0180. The first-order valence-electron chi connectivity index (χ1n) is 5.33. The van der Waals surface area contributed by atoms with Gasteiger partial charge in [0, 0.05) is 25.9 Å². The van der Waals surface area contributed by atoms with Crippen molar-refractivity contribution in [3.05, 3.63) is 0 Å². The smallest absolute Gasteiger partial charge is 0.317 e. The molecule has 0 aromatic carbocycles. The second kappa shape index (κ2) is 7.98. The van der Waals surface area contributed by atoms with Crippen LogP contribution in [0.15, 0.2) is 0 Å². The third kappa shape index (κ3) is 5.60. The SMILES string of the molecule is CCC(C)=O.COC(=O)C1CNCCC1=O. The van der Waals surface area contributed by atoms with Gasteiger partial charge in [-0.15, -0.1) is 0 Å². The Kier molecular flexibility index (Phi) is 7.37. The summed E-state index contributed by atoms with van der Waals surface area (Å²) < 4.78 is 4.46. The van der Waals surface area contributed by atoms with E-state index < -0.39 is 11.9 Å². The van der Waals surface area contributed by atoms with Gasteiger partial charge < -0.3 is 14.8 Å². The van der Waals surface area contributed by atoms with Crippen LogP contribution in [0.1, 0.15) is 26.7 Å². The predicted octanol–water partition coefficient (Wildman–Crippen LogP) is 0.323. The Morgan fingerprint density at radius 3 is 2.44 bits per heavy atom. The largest absolute Gasteiger partial charge is 0.468 e. The molecule has 5 nitrogen and oxygen atoms in total. The lowest BCUT2D eigenvalue weighted by molar-refractivity contribution is -0.149. The molecule has 1 heterocycles. The molecule has 1 fully saturated rings. The molecule has 0 aromatic heterocycles. The lowest BCUT2D eigenvalue weighted by atomic mass is 9.98. The van der Waals surface area contributed by atoms with Crippen LogP contribution in [-0.2, 0) is 19.1 Å². The molecule has 1 aliphatic rings. The summed E-state index contributed by atoms with van der Waals surface area (Å²) in [6.45, 7) is 4.53. The molecule has 0 saturated carbocycles. The van der Waals surface area contributed by atoms with Crippen LogP contribution in [0.25, 0.3) is 0 Å². The van der Waals surface area contributed by atoms with Gasteiger partial charge in [-0.25, -0.2) is 0 Å². The molecule has 1 atom stereocenters. The topological polar surface area (TPSA) is 72.5 Å². The van der Waals surface area contributed by atoms with E-state index in [1.807, 2.05) is 6.92 Å². The predicted molar refractivity (Wildman–Crippen MR) is 59.0 cm³/mol. The molecule has 1 N–H and O–H groups in total. The Labute approximate surface area is 95.5 Å². The van der Waals surface area contributed by atoms with Crippen LogP contribution >= 0.6 is 0 Å². The van der Waals surface area contributed by atoms with Crippen molar-refractivity contribution >= 4 is 17.5 Å². The third-order valence-corrected chi connectivity index (χ3v) is 2.27. The van der Waals surface area contributed by atoms with Gasteiger partial charge in [-0.1, -0.05) is 6.92 Å². The van der Waals surface area contributed by atoms with E-state index in [0.717, 1.165) is 0 Å². The van der Waals surface area contributed by atoms with Gasteiger partial charge in [-0.05, 0) is 6.92 Å². The van der Waals surface area contributed by atoms with E-state index in [9.17, 15) is 14.4 Å². The van der Waals surface area contributed by atoms with Gasteiger partial charge in [-0.2, -0.15) is 0 Å². The molecule has 92 valence electrons. The molecule has 1 saturated heterocycles. The maximum atomic E-state index is 11.1. The number of nitrogens with one attached hydrogen (secondary N) is 1. The molecule has 0 aromatic rings. The number of rotatable bonds is 2. The van der Waals surface area contributed by atoms with Gasteiger partial charge in [-0.3, -0.25) is 9.59 Å². The minimum Gasteiger partial charge on any atom is -0.468 e. The summed E-state index contributed by atoms with van der Waals surface area (Å²) >= 11 is 0. The highest BCUT2D eigenvalue weighted by molar-refractivity contribution is 5.99. The number of ether oxygens (including phenoxy) is 1. The summed E-state index contributed by atoms with van der Waals surface area (Å²) in [5.41, 5.74) is 0. The highest BCUT2D eigenvalue weighted by Gasteiger charge is 2.29. The monoisotopic (exact) mass is 229 g/mol. The van der Waals surface area contributed by atoms with Gasteiger partial charge in [0.25, 0.3) is 0 Å². The maximum Gasteiger partial charge on any atom is 0.317 e. The summed E-state index contributed by atoms with van der Waals surface area (Å²) in [7, 11) is 1.30. The van der Waals surface area contributed by atoms with E-state index in [4.69, 9.17) is 0 Å². The molecule has 0 radical (unpaired) electrons. The molecule has 5 heteroatoms. The van der Waals surface area contributed by atoms with Crippen molar-refractivity contribution in [1.29, 1.82) is 0 Å². The van der Waals surface area contributed by atoms with Crippen molar-refractivity contribution in [2.24, 2.45) is 5.92 Å². The van der Waals surface area contributed by atoms with Crippen LogP contribution in [-0.4, -0.2) is 37.7 Å². The number of Topliss-reactive ketones (excluding diaryl/α,β-unsaturated/α-hetero) is 2. The van der Waals surface area contributed by atoms with Crippen LogP contribution in [0.3, 0.4) is 0 Å². The third-order valence-electron chi connectivity index (χ3n) is 2.27. The highest BCUT2D eigenvalue weighted by Crippen LogP contribution is 2.06. The van der Waals surface area contributed by atoms with Crippen LogP contribution in [0.2, 0.25) is 0 Å². The zero-order valence-electron chi connectivity index (χ0n) is 10.0. The number of esters is 1. The van der Waals surface area contributed by atoms with E-state index in [1.165, 1.54) is 7.11 Å². The molecule has 0 aliphatic carbocycles. The molecular weight excluding hydrogens is 210 g/mol. The number of methoxy groups -OCH3 is 1. The molecule has 1 aliphatic heterocycles. The molecule has 0 spiro atoms. The molecular formula is C11H19NO4. The van der Waals surface area contributed by atoms with E-state index in [0.29, 0.717) is 25.9 Å². The molecule has 0 bridgehead atoms. The maximum absolute atomic E-state index is 11.1. The first-order valence-corrected chi connectivity index (χ1v) is 5.33. The van der Waals surface area contributed by atoms with Gasteiger partial charge in [0.15, 0.2) is 0 Å². The summed E-state index contributed by atoms with van der Waals surface area (Å²) in [6.07, 6.45) is 1.10. The van der Waals surface area contributed by atoms with Crippen molar-refractivity contribution in [3.8, 4) is 0 Å². The lowest BCUT2D eigenvalue weighted by Gasteiger charge is -2.18. The number of ketones is 2. The number of carbonyl (C=O) groups excluding carboxylic acids is 3. The molecule has 1 unspecified atom stereocenters. The van der Waals surface area contributed by atoms with Crippen LogP contribution < -0.4 is 5.32 Å². The zero-order chi connectivity index (χ0) is 12.6. The average Bonchev–Trinajstić information content (AvgIpc) is 2.29. The summed E-state index contributed by atoms with van der Waals surface area (Å²) in [5, 5.41) is 2.96. The average molecular weight is 229 g/mol. The number of hydrogen-bond acceptors (Lipinski definition) is 5. The van der Waals surface area contributed by atoms with Crippen LogP contribution in [0.5, 0.6) is 0 Å². The van der Waals surface area contributed by atoms with E-state index in [2.05, 4.69) is 10.1 Å². The van der Waals surface area contributed by atoms with E-state index in [1.54, 1.807) is 6.92 Å². The fourth-order valence-electron chi connectivity index (χ4n) is 1.10. The van der Waals surface area contributed by atoms with Crippen molar-refractivity contribution in [1.82, 2.24) is 5.32 Å². The highest BCUT2D eigenvalue weighted by atomic mass is 16.5. The normalized spacial score (nSPS) is 19.4. The van der Waals surface area contributed by atoms with Crippen molar-refractivity contribution in [2.75, 3.05) is 20.2 Å². The second-order valence-corrected chi connectivity index (χ2v) is 3.55. The first kappa shape index (κ1) is 14.8. The summed E-state index contributed by atoms with van der Waals surface area (Å²) in [6, 6.07) is 0. The number of piperidine rings is 1. The number of hydrogen-bond donors (Lipinski definition) is 1. The van der Waals surface area contributed by atoms with E-state index >= 15 is 0 Å². The van der Waals surface area contributed by atoms with E-state index in [-0.39, 0.29) is 11.6 Å². The Balaban J connectivity index is 0.000000385. The Morgan fingerprint density at radius 1 is 1.50 bits per heavy atom. The molecule has 0 amide bonds. The van der Waals surface area contributed by atoms with Crippen molar-refractivity contribution < 1.29 is 19.1 Å². The van der Waals surface area contributed by atoms with Crippen LogP contribution in [0, 0.1) is 5.92 Å². The van der Waals surface area contributed by atoms with Crippen molar-refractivity contribution in [2.45, 2.75) is 26.7 Å². The quantitative estimate of drug-likeness (QED) is 0.545. The second-order valence-electron chi connectivity index (χ2n) is 3.55. The first-order chi connectivity index (χ1) is 7.52. The molecule has 1 rings (SSSR count). The molecule has 16 heavy (non-hydrogen) atoms. The summed E-state index contributed by atoms with van der Waals surface area (Å²) in [4.78, 5) is 31.8. The fourth-order valence-corrected chi connectivity index (χ4v) is 1.10. The Hall–Kier alpha value is -1.23. The van der Waals surface area contributed by atoms with Gasteiger partial charge in [0.2, 0.25) is 0 Å². The van der Waals surface area contributed by atoms with Gasteiger partial charge in [0.05, 0.1) is 7.11 Å². The van der Waals surface area contributed by atoms with Gasteiger partial charge >= 0.3 is 5.97 Å². The zero-order valence-corrected chi connectivity index (χ0v) is 10.0. The fraction of sp³-hybridized carbons (Fsp3) is 0.727. The standard InChI is InChI=1S/C7H11NO3.C4H8O/c1-11-7(10)5-4-8-3-2-6(5)9;1-3-4(2)5/h5,8H,2-4H2,1H3;3H2,1-2H3. The Bertz CT molecular complexity index is 255. The lowest BCUT2D eigenvalue weighted by Crippen LogP contribution is -2.41. The number of carbonyl (C=O) groups is 3. The van der Waals surface area contributed by atoms with Crippen molar-refractivity contribution in [3.63, 3.8) is 0 Å². The summed E-state index contributed by atoms with van der Waals surface area (Å²) in [5.74, 6) is -0.767. The Morgan fingerprint density at radius 2 is 2.06 bits per heavy atom. The van der Waals surface area contributed by atoms with Crippen LogP contribution in [0.4, 0.5) is 0 Å².